The van der Waals surface area contributed by atoms with Gasteiger partial charge in [0.15, 0.2) is 0 Å². The minimum Gasteiger partial charge on any atom is -0.492 e. The van der Waals surface area contributed by atoms with Gasteiger partial charge in [-0.3, -0.25) is 0 Å². The largest absolute Gasteiger partial charge is 0.492 e. The summed E-state index contributed by atoms with van der Waals surface area (Å²) in [7, 11) is -2.90. The van der Waals surface area contributed by atoms with Crippen LogP contribution in [0.4, 0.5) is 0 Å². The molecule has 1 N–H and O–H groups in total. The van der Waals surface area contributed by atoms with Gasteiger partial charge in [0, 0.05) is 17.6 Å². The topological polar surface area (TPSA) is 55.4 Å². The molecule has 0 saturated heterocycles. The van der Waals surface area contributed by atoms with Gasteiger partial charge in [-0.25, -0.2) is 8.42 Å². The number of hydrogen-bond donors (Lipinski definition) is 1. The Balaban J connectivity index is 2.06. The molecule has 0 amide bonds. The van der Waals surface area contributed by atoms with E-state index in [0.29, 0.717) is 12.4 Å². The number of hydrogen-bond acceptors (Lipinski definition) is 5. The normalized spacial score (nSPS) is 21.6. The number of ether oxygens (including phenoxy) is 1. The molecule has 0 aromatic heterocycles. The molecule has 118 valence electrons. The van der Waals surface area contributed by atoms with E-state index in [2.05, 4.69) is 18.3 Å². The van der Waals surface area contributed by atoms with Crippen molar-refractivity contribution in [2.24, 2.45) is 0 Å². The molecule has 0 bridgehead atoms. The Morgan fingerprint density at radius 3 is 2.86 bits per heavy atom. The Bertz CT molecular complexity index is 560. The van der Waals surface area contributed by atoms with Crippen molar-refractivity contribution in [1.29, 1.82) is 0 Å². The third-order valence-corrected chi connectivity index (χ3v) is 5.91. The van der Waals surface area contributed by atoms with Crippen molar-refractivity contribution in [1.82, 2.24) is 5.32 Å². The molecule has 1 aliphatic heterocycles. The number of rotatable bonds is 7. The van der Waals surface area contributed by atoms with Gasteiger partial charge in [0.2, 0.25) is 0 Å². The van der Waals surface area contributed by atoms with Crippen LogP contribution in [-0.2, 0) is 9.84 Å². The van der Waals surface area contributed by atoms with Gasteiger partial charge in [0.25, 0.3) is 0 Å². The third kappa shape index (κ3) is 4.90. The van der Waals surface area contributed by atoms with Crippen molar-refractivity contribution in [2.75, 3.05) is 30.9 Å². The van der Waals surface area contributed by atoms with E-state index >= 15 is 0 Å². The van der Waals surface area contributed by atoms with Crippen LogP contribution in [0.3, 0.4) is 0 Å². The molecule has 2 rings (SSSR count). The maximum absolute atomic E-state index is 11.3. The Morgan fingerprint density at radius 2 is 2.14 bits per heavy atom. The van der Waals surface area contributed by atoms with Crippen LogP contribution in [0.1, 0.15) is 24.9 Å². The summed E-state index contributed by atoms with van der Waals surface area (Å²) in [5, 5.41) is 3.82. The fourth-order valence-corrected chi connectivity index (χ4v) is 4.87. The Labute approximate surface area is 131 Å². The highest BCUT2D eigenvalue weighted by atomic mass is 32.2. The van der Waals surface area contributed by atoms with Gasteiger partial charge in [0.1, 0.15) is 22.2 Å². The predicted octanol–water partition coefficient (Wildman–Crippen LogP) is 2.27. The molecule has 6 heteroatoms. The van der Waals surface area contributed by atoms with Crippen LogP contribution in [0.5, 0.6) is 5.75 Å². The molecule has 0 fully saturated rings. The van der Waals surface area contributed by atoms with E-state index in [0.717, 1.165) is 18.7 Å². The number of fused-ring (bicyclic) bond motifs is 1. The minimum absolute atomic E-state index is 0.219. The van der Waals surface area contributed by atoms with Gasteiger partial charge in [-0.1, -0.05) is 25.1 Å². The molecule has 4 nitrogen and oxygen atoms in total. The van der Waals surface area contributed by atoms with Crippen molar-refractivity contribution in [3.63, 3.8) is 0 Å². The molecule has 1 aromatic rings. The van der Waals surface area contributed by atoms with Crippen LogP contribution >= 0.6 is 11.8 Å². The maximum Gasteiger partial charge on any atom is 0.148 e. The first-order valence-electron chi connectivity index (χ1n) is 7.25. The Morgan fingerprint density at radius 1 is 1.38 bits per heavy atom. The van der Waals surface area contributed by atoms with Crippen LogP contribution in [0.15, 0.2) is 24.3 Å². The molecule has 0 spiro atoms. The first-order chi connectivity index (χ1) is 10.0. The Kier molecular flexibility index (Phi) is 5.96. The minimum atomic E-state index is -2.90. The molecular weight excluding hydrogens is 306 g/mol. The SMILES string of the molecule is CCCNC1c2ccccc2OCC1SCCS(C)(=O)=O. The smallest absolute Gasteiger partial charge is 0.148 e. The van der Waals surface area contributed by atoms with Crippen LogP contribution < -0.4 is 10.1 Å². The summed E-state index contributed by atoms with van der Waals surface area (Å²) in [5.74, 6) is 1.77. The van der Waals surface area contributed by atoms with Crippen molar-refractivity contribution >= 4 is 21.6 Å². The number of benzene rings is 1. The van der Waals surface area contributed by atoms with E-state index in [1.165, 1.54) is 11.8 Å². The van der Waals surface area contributed by atoms with Gasteiger partial charge in [-0.2, -0.15) is 11.8 Å². The second-order valence-corrected chi connectivity index (χ2v) is 8.93. The molecule has 1 heterocycles. The summed E-state index contributed by atoms with van der Waals surface area (Å²) >= 11 is 1.68. The Hall–Kier alpha value is -0.720. The first-order valence-corrected chi connectivity index (χ1v) is 10.4. The lowest BCUT2D eigenvalue weighted by atomic mass is 10.00. The number of thioether (sulfide) groups is 1. The van der Waals surface area contributed by atoms with Gasteiger partial charge < -0.3 is 10.1 Å². The second-order valence-electron chi connectivity index (χ2n) is 5.32. The fraction of sp³-hybridized carbons (Fsp3) is 0.600. The number of sulfone groups is 1. The standard InChI is InChI=1S/C15H23NO3S2/c1-3-8-16-15-12-6-4-5-7-13(12)19-11-14(15)20-9-10-21(2,17)18/h4-7,14-16H,3,8-11H2,1-2H3. The van der Waals surface area contributed by atoms with Crippen molar-refractivity contribution in [2.45, 2.75) is 24.6 Å². The van der Waals surface area contributed by atoms with Crippen LogP contribution in [0, 0.1) is 0 Å². The van der Waals surface area contributed by atoms with E-state index in [9.17, 15) is 8.42 Å². The zero-order chi connectivity index (χ0) is 15.3. The summed E-state index contributed by atoms with van der Waals surface area (Å²) in [5.41, 5.74) is 1.18. The predicted molar refractivity (Wildman–Crippen MR) is 88.9 cm³/mol. The van der Waals surface area contributed by atoms with Crippen molar-refractivity contribution in [3.05, 3.63) is 29.8 Å². The monoisotopic (exact) mass is 329 g/mol. The summed E-state index contributed by atoms with van der Waals surface area (Å²) in [6.07, 6.45) is 2.35. The molecular formula is C15H23NO3S2. The quantitative estimate of drug-likeness (QED) is 0.831. The van der Waals surface area contributed by atoms with Gasteiger partial charge in [-0.05, 0) is 19.0 Å². The molecule has 2 atom stereocenters. The molecule has 2 unspecified atom stereocenters. The van der Waals surface area contributed by atoms with E-state index in [4.69, 9.17) is 4.74 Å². The second kappa shape index (κ2) is 7.51. The van der Waals surface area contributed by atoms with Gasteiger partial charge in [-0.15, -0.1) is 0 Å². The van der Waals surface area contributed by atoms with Gasteiger partial charge >= 0.3 is 0 Å². The van der Waals surface area contributed by atoms with Crippen LogP contribution in [-0.4, -0.2) is 44.6 Å². The summed E-state index contributed by atoms with van der Waals surface area (Å²) in [6, 6.07) is 8.30. The third-order valence-electron chi connectivity index (χ3n) is 3.43. The van der Waals surface area contributed by atoms with E-state index in [-0.39, 0.29) is 17.0 Å². The van der Waals surface area contributed by atoms with Crippen LogP contribution in [0.2, 0.25) is 0 Å². The number of para-hydroxylation sites is 1. The average molecular weight is 329 g/mol. The molecule has 1 aromatic carbocycles. The molecule has 0 radical (unpaired) electrons. The molecule has 1 aliphatic rings. The lowest BCUT2D eigenvalue weighted by Gasteiger charge is -2.34. The summed E-state index contributed by atoms with van der Waals surface area (Å²) in [6.45, 7) is 3.71. The van der Waals surface area contributed by atoms with Crippen molar-refractivity contribution < 1.29 is 13.2 Å². The zero-order valence-electron chi connectivity index (χ0n) is 12.5. The average Bonchev–Trinajstić information content (AvgIpc) is 2.44. The van der Waals surface area contributed by atoms with E-state index in [1.54, 1.807) is 11.8 Å². The van der Waals surface area contributed by atoms with Crippen molar-refractivity contribution in [3.8, 4) is 5.75 Å². The highest BCUT2D eigenvalue weighted by Crippen LogP contribution is 2.37. The summed E-state index contributed by atoms with van der Waals surface area (Å²) < 4.78 is 28.3. The highest BCUT2D eigenvalue weighted by molar-refractivity contribution is 8.01. The van der Waals surface area contributed by atoms with Crippen LogP contribution in [0.25, 0.3) is 0 Å². The molecule has 0 saturated carbocycles. The lowest BCUT2D eigenvalue weighted by molar-refractivity contribution is 0.260. The van der Waals surface area contributed by atoms with E-state index < -0.39 is 9.84 Å². The first kappa shape index (κ1) is 16.6. The fourth-order valence-electron chi connectivity index (χ4n) is 2.37. The highest BCUT2D eigenvalue weighted by Gasteiger charge is 2.30. The van der Waals surface area contributed by atoms with E-state index in [1.807, 2.05) is 18.2 Å². The van der Waals surface area contributed by atoms with Gasteiger partial charge in [0.05, 0.1) is 17.0 Å². The maximum atomic E-state index is 11.3. The lowest BCUT2D eigenvalue weighted by Crippen LogP contribution is -2.38. The zero-order valence-corrected chi connectivity index (χ0v) is 14.2. The number of nitrogens with one attached hydrogen (secondary N) is 1. The molecule has 0 aliphatic carbocycles. The molecule has 21 heavy (non-hydrogen) atoms. The summed E-state index contributed by atoms with van der Waals surface area (Å²) in [4.78, 5) is 0.